The summed E-state index contributed by atoms with van der Waals surface area (Å²) in [5, 5.41) is 12.0. The number of amides is 2. The van der Waals surface area contributed by atoms with Crippen molar-refractivity contribution >= 4 is 12.0 Å². The van der Waals surface area contributed by atoms with Crippen molar-refractivity contribution in [2.75, 3.05) is 19.6 Å². The van der Waals surface area contributed by atoms with Gasteiger partial charge in [-0.05, 0) is 37.0 Å². The Bertz CT molecular complexity index is 364. The molecule has 2 aliphatic rings. The Morgan fingerprint density at radius 1 is 1.42 bits per heavy atom. The third kappa shape index (κ3) is 3.19. The maximum Gasteiger partial charge on any atom is 0.317 e. The lowest BCUT2D eigenvalue weighted by molar-refractivity contribution is -0.143. The summed E-state index contributed by atoms with van der Waals surface area (Å²) in [5.41, 5.74) is 0.289. The number of urea groups is 1. The SMILES string of the molecule is CC(C)C1(CNC(=O)N2CCC[C@H](C(=O)O)C2)CC1. The van der Waals surface area contributed by atoms with Crippen molar-refractivity contribution in [3.8, 4) is 0 Å². The minimum Gasteiger partial charge on any atom is -0.481 e. The molecule has 2 N–H and O–H groups in total. The minimum absolute atomic E-state index is 0.0992. The Kier molecular flexibility index (Phi) is 4.02. The summed E-state index contributed by atoms with van der Waals surface area (Å²) in [6.45, 7) is 6.12. The van der Waals surface area contributed by atoms with Gasteiger partial charge in [0.05, 0.1) is 5.92 Å². The maximum absolute atomic E-state index is 12.1. The zero-order valence-electron chi connectivity index (χ0n) is 11.8. The van der Waals surface area contributed by atoms with Gasteiger partial charge in [-0.3, -0.25) is 4.79 Å². The number of carbonyl (C=O) groups excluding carboxylic acids is 1. The molecule has 0 unspecified atom stereocenters. The van der Waals surface area contributed by atoms with Crippen LogP contribution in [0.2, 0.25) is 0 Å². The van der Waals surface area contributed by atoms with E-state index in [1.54, 1.807) is 4.90 Å². The summed E-state index contributed by atoms with van der Waals surface area (Å²) >= 11 is 0. The predicted octanol–water partition coefficient (Wildman–Crippen LogP) is 1.93. The number of rotatable bonds is 4. The van der Waals surface area contributed by atoms with Gasteiger partial charge in [0.15, 0.2) is 0 Å². The fourth-order valence-corrected chi connectivity index (χ4v) is 2.85. The first kappa shape index (κ1) is 14.2. The number of nitrogens with zero attached hydrogens (tertiary/aromatic N) is 1. The van der Waals surface area contributed by atoms with Crippen LogP contribution < -0.4 is 5.32 Å². The quantitative estimate of drug-likeness (QED) is 0.818. The lowest BCUT2D eigenvalue weighted by Crippen LogP contribution is -2.48. The molecule has 1 aliphatic carbocycles. The summed E-state index contributed by atoms with van der Waals surface area (Å²) in [6.07, 6.45) is 3.82. The smallest absolute Gasteiger partial charge is 0.317 e. The molecular weight excluding hydrogens is 244 g/mol. The molecule has 0 bridgehead atoms. The molecule has 108 valence electrons. The van der Waals surface area contributed by atoms with Gasteiger partial charge in [0.1, 0.15) is 0 Å². The number of carboxylic acid groups (broad SMARTS) is 1. The average molecular weight is 268 g/mol. The third-order valence-electron chi connectivity index (χ3n) is 4.77. The summed E-state index contributed by atoms with van der Waals surface area (Å²) in [5.74, 6) is -0.612. The zero-order valence-corrected chi connectivity index (χ0v) is 11.8. The van der Waals surface area contributed by atoms with Gasteiger partial charge in [-0.25, -0.2) is 4.79 Å². The lowest BCUT2D eigenvalue weighted by Gasteiger charge is -2.31. The second-order valence-electron chi connectivity index (χ2n) is 6.30. The highest BCUT2D eigenvalue weighted by atomic mass is 16.4. The number of carboxylic acids is 1. The van der Waals surface area contributed by atoms with Gasteiger partial charge >= 0.3 is 12.0 Å². The van der Waals surface area contributed by atoms with Crippen molar-refractivity contribution in [1.82, 2.24) is 10.2 Å². The van der Waals surface area contributed by atoms with Gasteiger partial charge < -0.3 is 15.3 Å². The zero-order chi connectivity index (χ0) is 14.0. The van der Waals surface area contributed by atoms with E-state index < -0.39 is 11.9 Å². The number of nitrogens with one attached hydrogen (secondary N) is 1. The van der Waals surface area contributed by atoms with Crippen molar-refractivity contribution in [2.24, 2.45) is 17.3 Å². The van der Waals surface area contributed by atoms with Gasteiger partial charge in [-0.15, -0.1) is 0 Å². The fraction of sp³-hybridized carbons (Fsp3) is 0.857. The predicted molar refractivity (Wildman–Crippen MR) is 71.8 cm³/mol. The molecule has 1 aliphatic heterocycles. The number of likely N-dealkylation sites (tertiary alicyclic amines) is 1. The highest BCUT2D eigenvalue weighted by Crippen LogP contribution is 2.51. The summed E-state index contributed by atoms with van der Waals surface area (Å²) in [4.78, 5) is 24.7. The van der Waals surface area contributed by atoms with E-state index in [4.69, 9.17) is 5.11 Å². The first-order chi connectivity index (χ1) is 8.94. The monoisotopic (exact) mass is 268 g/mol. The number of piperidine rings is 1. The Morgan fingerprint density at radius 3 is 2.63 bits per heavy atom. The van der Waals surface area contributed by atoms with Crippen molar-refractivity contribution in [1.29, 1.82) is 0 Å². The molecule has 1 atom stereocenters. The molecular formula is C14H24N2O3. The fourth-order valence-electron chi connectivity index (χ4n) is 2.85. The molecule has 1 saturated carbocycles. The molecule has 0 aromatic carbocycles. The standard InChI is InChI=1S/C14H24N2O3/c1-10(2)14(5-6-14)9-15-13(19)16-7-3-4-11(8-16)12(17)18/h10-11H,3-9H2,1-2H3,(H,15,19)(H,17,18)/t11-/m0/s1. The average Bonchev–Trinajstić information content (AvgIpc) is 3.17. The normalized spacial score (nSPS) is 25.2. The second kappa shape index (κ2) is 5.39. The number of hydrogen-bond acceptors (Lipinski definition) is 2. The van der Waals surface area contributed by atoms with E-state index in [0.29, 0.717) is 25.4 Å². The van der Waals surface area contributed by atoms with Crippen LogP contribution in [0.1, 0.15) is 39.5 Å². The molecule has 1 saturated heterocycles. The van der Waals surface area contributed by atoms with Gasteiger partial charge in [0.25, 0.3) is 0 Å². The van der Waals surface area contributed by atoms with Crippen LogP contribution in [0.5, 0.6) is 0 Å². The molecule has 2 amide bonds. The van der Waals surface area contributed by atoms with E-state index in [-0.39, 0.29) is 11.4 Å². The maximum atomic E-state index is 12.1. The Hall–Kier alpha value is -1.26. The first-order valence-electron chi connectivity index (χ1n) is 7.20. The molecule has 5 heteroatoms. The van der Waals surface area contributed by atoms with E-state index in [0.717, 1.165) is 13.0 Å². The summed E-state index contributed by atoms with van der Waals surface area (Å²) in [7, 11) is 0. The Morgan fingerprint density at radius 2 is 2.11 bits per heavy atom. The highest BCUT2D eigenvalue weighted by molar-refractivity contribution is 5.76. The molecule has 2 fully saturated rings. The molecule has 0 aromatic heterocycles. The van der Waals surface area contributed by atoms with Crippen LogP contribution in [-0.4, -0.2) is 41.6 Å². The van der Waals surface area contributed by atoms with Crippen LogP contribution in [0.4, 0.5) is 4.79 Å². The van der Waals surface area contributed by atoms with E-state index >= 15 is 0 Å². The van der Waals surface area contributed by atoms with Crippen LogP contribution >= 0.6 is 0 Å². The van der Waals surface area contributed by atoms with Gasteiger partial charge in [-0.1, -0.05) is 13.8 Å². The molecule has 0 radical (unpaired) electrons. The summed E-state index contributed by atoms with van der Waals surface area (Å²) < 4.78 is 0. The Labute approximate surface area is 114 Å². The topological polar surface area (TPSA) is 69.6 Å². The second-order valence-corrected chi connectivity index (χ2v) is 6.30. The van der Waals surface area contributed by atoms with E-state index in [2.05, 4.69) is 19.2 Å². The molecule has 19 heavy (non-hydrogen) atoms. The summed E-state index contributed by atoms with van der Waals surface area (Å²) in [6, 6.07) is -0.0992. The van der Waals surface area contributed by atoms with Gasteiger partial charge in [0, 0.05) is 19.6 Å². The number of hydrogen-bond donors (Lipinski definition) is 2. The molecule has 2 rings (SSSR count). The van der Waals surface area contributed by atoms with E-state index in [1.165, 1.54) is 12.8 Å². The molecule has 5 nitrogen and oxygen atoms in total. The van der Waals surface area contributed by atoms with Gasteiger partial charge in [-0.2, -0.15) is 0 Å². The first-order valence-corrected chi connectivity index (χ1v) is 7.20. The number of carbonyl (C=O) groups is 2. The lowest BCUT2D eigenvalue weighted by atomic mass is 9.92. The van der Waals surface area contributed by atoms with Crippen LogP contribution in [-0.2, 0) is 4.79 Å². The van der Waals surface area contributed by atoms with Gasteiger partial charge in [0.2, 0.25) is 0 Å². The van der Waals surface area contributed by atoms with Crippen molar-refractivity contribution in [3.05, 3.63) is 0 Å². The van der Waals surface area contributed by atoms with Crippen LogP contribution in [0.25, 0.3) is 0 Å². The third-order valence-corrected chi connectivity index (χ3v) is 4.77. The van der Waals surface area contributed by atoms with Crippen LogP contribution in [0, 0.1) is 17.3 Å². The largest absolute Gasteiger partial charge is 0.481 e. The van der Waals surface area contributed by atoms with E-state index in [9.17, 15) is 9.59 Å². The minimum atomic E-state index is -0.793. The van der Waals surface area contributed by atoms with Crippen molar-refractivity contribution in [3.63, 3.8) is 0 Å². The molecule has 0 spiro atoms. The highest BCUT2D eigenvalue weighted by Gasteiger charge is 2.45. The molecule has 0 aromatic rings. The van der Waals surface area contributed by atoms with Crippen LogP contribution in [0.3, 0.4) is 0 Å². The van der Waals surface area contributed by atoms with Crippen molar-refractivity contribution in [2.45, 2.75) is 39.5 Å². The van der Waals surface area contributed by atoms with Crippen LogP contribution in [0.15, 0.2) is 0 Å². The van der Waals surface area contributed by atoms with E-state index in [1.807, 2.05) is 0 Å². The molecule has 1 heterocycles. The Balaban J connectivity index is 1.81. The number of aliphatic carboxylic acids is 1. The van der Waals surface area contributed by atoms with Crippen molar-refractivity contribution < 1.29 is 14.7 Å².